The minimum absolute atomic E-state index is 0.234. The van der Waals surface area contributed by atoms with Crippen molar-refractivity contribution < 1.29 is 14.2 Å². The summed E-state index contributed by atoms with van der Waals surface area (Å²) in [6.07, 6.45) is 2.90. The number of ether oxygens (including phenoxy) is 3. The molecule has 1 aliphatic rings. The van der Waals surface area contributed by atoms with E-state index >= 15 is 0 Å². The molecule has 0 amide bonds. The van der Waals surface area contributed by atoms with Crippen molar-refractivity contribution in [1.82, 2.24) is 10.3 Å². The van der Waals surface area contributed by atoms with Crippen LogP contribution < -0.4 is 19.5 Å². The molecule has 0 fully saturated rings. The molecule has 0 spiro atoms. The van der Waals surface area contributed by atoms with Gasteiger partial charge in [0.2, 0.25) is 5.88 Å². The molecule has 0 radical (unpaired) electrons. The predicted molar refractivity (Wildman–Crippen MR) is 88.1 cm³/mol. The van der Waals surface area contributed by atoms with Gasteiger partial charge >= 0.3 is 0 Å². The Morgan fingerprint density at radius 3 is 2.83 bits per heavy atom. The highest BCUT2D eigenvalue weighted by atomic mass is 16.5. The number of aromatic nitrogens is 1. The number of pyridine rings is 1. The zero-order valence-corrected chi connectivity index (χ0v) is 13.8. The topological polar surface area (TPSA) is 52.6 Å². The molecule has 5 heteroatoms. The first-order chi connectivity index (χ1) is 11.2. The molecule has 2 heterocycles. The van der Waals surface area contributed by atoms with E-state index in [-0.39, 0.29) is 6.10 Å². The smallest absolute Gasteiger partial charge is 0.217 e. The van der Waals surface area contributed by atoms with E-state index in [1.54, 1.807) is 20.4 Å². The lowest BCUT2D eigenvalue weighted by molar-refractivity contribution is 0.254. The highest BCUT2D eigenvalue weighted by Gasteiger charge is 2.21. The van der Waals surface area contributed by atoms with Crippen LogP contribution in [0.2, 0.25) is 0 Å². The van der Waals surface area contributed by atoms with Gasteiger partial charge in [0.1, 0.15) is 17.6 Å². The molecule has 2 aromatic rings. The van der Waals surface area contributed by atoms with E-state index in [1.807, 2.05) is 12.1 Å². The first-order valence-corrected chi connectivity index (χ1v) is 7.76. The molecule has 3 rings (SSSR count). The summed E-state index contributed by atoms with van der Waals surface area (Å²) >= 11 is 0. The summed E-state index contributed by atoms with van der Waals surface area (Å²) in [5.74, 6) is 2.51. The molecule has 1 aliphatic heterocycles. The summed E-state index contributed by atoms with van der Waals surface area (Å²) in [7, 11) is 3.34. The van der Waals surface area contributed by atoms with Gasteiger partial charge in [-0.05, 0) is 25.1 Å². The molecule has 23 heavy (non-hydrogen) atoms. The quantitative estimate of drug-likeness (QED) is 0.888. The maximum absolute atomic E-state index is 5.83. The third-order valence-electron chi connectivity index (χ3n) is 3.97. The van der Waals surface area contributed by atoms with E-state index in [0.29, 0.717) is 19.0 Å². The van der Waals surface area contributed by atoms with Crippen molar-refractivity contribution in [2.45, 2.75) is 32.5 Å². The zero-order valence-electron chi connectivity index (χ0n) is 13.8. The summed E-state index contributed by atoms with van der Waals surface area (Å²) in [5, 5.41) is 3.41. The third-order valence-corrected chi connectivity index (χ3v) is 3.97. The normalized spacial score (nSPS) is 15.9. The highest BCUT2D eigenvalue weighted by Crippen LogP contribution is 2.34. The van der Waals surface area contributed by atoms with Gasteiger partial charge in [0.15, 0.2) is 0 Å². The Kier molecular flexibility index (Phi) is 4.67. The van der Waals surface area contributed by atoms with Crippen molar-refractivity contribution in [3.05, 3.63) is 47.2 Å². The van der Waals surface area contributed by atoms with Crippen LogP contribution in [0.15, 0.2) is 30.5 Å². The van der Waals surface area contributed by atoms with Gasteiger partial charge in [-0.25, -0.2) is 4.98 Å². The molecule has 0 saturated carbocycles. The molecule has 1 atom stereocenters. The Bertz CT molecular complexity index is 688. The Balaban J connectivity index is 1.70. The number of hydrogen-bond acceptors (Lipinski definition) is 5. The van der Waals surface area contributed by atoms with Crippen molar-refractivity contribution in [2.24, 2.45) is 0 Å². The van der Waals surface area contributed by atoms with Crippen molar-refractivity contribution >= 4 is 0 Å². The molecule has 1 aromatic heterocycles. The summed E-state index contributed by atoms with van der Waals surface area (Å²) in [6, 6.07) is 8.07. The van der Waals surface area contributed by atoms with Crippen LogP contribution >= 0.6 is 0 Å². The predicted octanol–water partition coefficient (Wildman–Crippen LogP) is 2.71. The lowest BCUT2D eigenvalue weighted by Crippen LogP contribution is -2.14. The number of rotatable bonds is 6. The monoisotopic (exact) mass is 314 g/mol. The molecule has 122 valence electrons. The van der Waals surface area contributed by atoms with Gasteiger partial charge < -0.3 is 19.5 Å². The fraction of sp³-hybridized carbons (Fsp3) is 0.389. The van der Waals surface area contributed by atoms with Gasteiger partial charge in [-0.15, -0.1) is 0 Å². The van der Waals surface area contributed by atoms with Crippen LogP contribution in [0.3, 0.4) is 0 Å². The van der Waals surface area contributed by atoms with Crippen molar-refractivity contribution in [1.29, 1.82) is 0 Å². The Labute approximate surface area is 136 Å². The number of hydrogen-bond donors (Lipinski definition) is 1. The number of nitrogens with zero attached hydrogens (tertiary/aromatic N) is 1. The number of fused-ring (bicyclic) bond motifs is 1. The maximum Gasteiger partial charge on any atom is 0.217 e. The maximum atomic E-state index is 5.83. The number of methoxy groups -OCH3 is 2. The SMILES string of the molecule is COc1cc2c(cc1CNCc1cccnc1OC)O[C@H](C)C2. The van der Waals surface area contributed by atoms with E-state index in [0.717, 1.165) is 29.0 Å². The van der Waals surface area contributed by atoms with Crippen LogP contribution in [-0.2, 0) is 19.5 Å². The van der Waals surface area contributed by atoms with Crippen LogP contribution in [0.1, 0.15) is 23.6 Å². The summed E-state index contributed by atoms with van der Waals surface area (Å²) < 4.78 is 16.6. The molecule has 0 bridgehead atoms. The third kappa shape index (κ3) is 3.40. The van der Waals surface area contributed by atoms with Crippen LogP contribution in [0.4, 0.5) is 0 Å². The second-order valence-corrected chi connectivity index (χ2v) is 5.68. The largest absolute Gasteiger partial charge is 0.496 e. The summed E-state index contributed by atoms with van der Waals surface area (Å²) in [5.41, 5.74) is 3.33. The van der Waals surface area contributed by atoms with E-state index in [1.165, 1.54) is 5.56 Å². The molecular weight excluding hydrogens is 292 g/mol. The first-order valence-electron chi connectivity index (χ1n) is 7.76. The molecule has 0 saturated heterocycles. The zero-order chi connectivity index (χ0) is 16.2. The minimum Gasteiger partial charge on any atom is -0.496 e. The minimum atomic E-state index is 0.234. The van der Waals surface area contributed by atoms with E-state index in [2.05, 4.69) is 29.4 Å². The average Bonchev–Trinajstić information content (AvgIpc) is 2.93. The fourth-order valence-electron chi connectivity index (χ4n) is 2.88. The van der Waals surface area contributed by atoms with Crippen LogP contribution in [0.25, 0.3) is 0 Å². The number of benzene rings is 1. The molecule has 5 nitrogen and oxygen atoms in total. The summed E-state index contributed by atoms with van der Waals surface area (Å²) in [6.45, 7) is 3.44. The van der Waals surface area contributed by atoms with Crippen LogP contribution in [0.5, 0.6) is 17.4 Å². The second-order valence-electron chi connectivity index (χ2n) is 5.68. The standard InChI is InChI=1S/C18H22N2O3/c1-12-7-14-8-16(21-2)15(9-17(14)23-12)11-19-10-13-5-4-6-20-18(13)22-3/h4-6,8-9,12,19H,7,10-11H2,1-3H3/t12-/m1/s1. The molecular formula is C18H22N2O3. The molecule has 1 N–H and O–H groups in total. The lowest BCUT2D eigenvalue weighted by Gasteiger charge is -2.13. The van der Waals surface area contributed by atoms with Crippen LogP contribution in [-0.4, -0.2) is 25.3 Å². The van der Waals surface area contributed by atoms with Gasteiger partial charge in [-0.1, -0.05) is 6.07 Å². The van der Waals surface area contributed by atoms with Crippen LogP contribution in [0, 0.1) is 0 Å². The molecule has 0 aliphatic carbocycles. The fourth-order valence-corrected chi connectivity index (χ4v) is 2.88. The van der Waals surface area contributed by atoms with Gasteiger partial charge in [0.25, 0.3) is 0 Å². The molecule has 0 unspecified atom stereocenters. The average molecular weight is 314 g/mol. The Morgan fingerprint density at radius 2 is 2.04 bits per heavy atom. The first kappa shape index (κ1) is 15.6. The van der Waals surface area contributed by atoms with Gasteiger partial charge in [-0.2, -0.15) is 0 Å². The van der Waals surface area contributed by atoms with Gasteiger partial charge in [-0.3, -0.25) is 0 Å². The highest BCUT2D eigenvalue weighted by molar-refractivity contribution is 5.48. The van der Waals surface area contributed by atoms with Gasteiger partial charge in [0.05, 0.1) is 14.2 Å². The van der Waals surface area contributed by atoms with E-state index < -0.39 is 0 Å². The Hall–Kier alpha value is -2.27. The number of nitrogens with one attached hydrogen (secondary N) is 1. The Morgan fingerprint density at radius 1 is 1.22 bits per heavy atom. The second kappa shape index (κ2) is 6.87. The van der Waals surface area contributed by atoms with E-state index in [9.17, 15) is 0 Å². The van der Waals surface area contributed by atoms with E-state index in [4.69, 9.17) is 14.2 Å². The molecule has 1 aromatic carbocycles. The summed E-state index contributed by atoms with van der Waals surface area (Å²) in [4.78, 5) is 4.21. The van der Waals surface area contributed by atoms with Crippen molar-refractivity contribution in [3.63, 3.8) is 0 Å². The lowest BCUT2D eigenvalue weighted by atomic mass is 10.1. The van der Waals surface area contributed by atoms with Crippen molar-refractivity contribution in [3.8, 4) is 17.4 Å². The van der Waals surface area contributed by atoms with Gasteiger partial charge in [0, 0.05) is 42.4 Å². The van der Waals surface area contributed by atoms with Crippen molar-refractivity contribution in [2.75, 3.05) is 14.2 Å².